The summed E-state index contributed by atoms with van der Waals surface area (Å²) in [5.74, 6) is 1.87. The Bertz CT molecular complexity index is 550. The van der Waals surface area contributed by atoms with E-state index in [1.165, 1.54) is 31.3 Å². The minimum atomic E-state index is 0.0596. The van der Waals surface area contributed by atoms with Gasteiger partial charge in [-0.25, -0.2) is 0 Å². The third kappa shape index (κ3) is 1.58. The Hall–Kier alpha value is -0.630. The number of carbonyl (C=O) groups excluding carboxylic acids is 1. The lowest BCUT2D eigenvalue weighted by Crippen LogP contribution is -2.59. The first-order chi connectivity index (χ1) is 10.4. The van der Waals surface area contributed by atoms with E-state index in [4.69, 9.17) is 0 Å². The summed E-state index contributed by atoms with van der Waals surface area (Å²) < 4.78 is 0. The van der Waals surface area contributed by atoms with Crippen molar-refractivity contribution in [2.75, 3.05) is 6.61 Å². The third-order valence-electron chi connectivity index (χ3n) is 8.49. The van der Waals surface area contributed by atoms with Crippen LogP contribution < -0.4 is 0 Å². The molecule has 2 nitrogen and oxygen atoms in total. The van der Waals surface area contributed by atoms with Gasteiger partial charge in [-0.05, 0) is 67.1 Å². The maximum absolute atomic E-state index is 12.7. The van der Waals surface area contributed by atoms with E-state index in [-0.39, 0.29) is 22.2 Å². The SMILES string of the molecule is CC1=C[C@@H]2CC[C@H]3[C@@](C)(CO)CCC[C@]3(C)[C@@]23CC(=O)[C@@H]1C3. The molecular weight excluding hydrogens is 272 g/mol. The van der Waals surface area contributed by atoms with Crippen molar-refractivity contribution in [1.82, 2.24) is 0 Å². The van der Waals surface area contributed by atoms with E-state index in [1.807, 2.05) is 0 Å². The first kappa shape index (κ1) is 14.9. The fourth-order valence-electron chi connectivity index (χ4n) is 7.27. The molecule has 4 aliphatic rings. The molecule has 0 saturated heterocycles. The van der Waals surface area contributed by atoms with Gasteiger partial charge in [0.05, 0.1) is 0 Å². The van der Waals surface area contributed by atoms with Gasteiger partial charge in [-0.2, -0.15) is 0 Å². The number of hydrogen-bond acceptors (Lipinski definition) is 2. The Morgan fingerprint density at radius 2 is 2.05 bits per heavy atom. The predicted octanol–water partition coefficient (Wildman–Crippen LogP) is 4.13. The quantitative estimate of drug-likeness (QED) is 0.740. The standard InChI is InChI=1S/C20H30O2/c1-13-9-14-5-6-17-18(2,12-21)7-4-8-19(17,3)20(14)10-15(13)16(22)11-20/h9,14-15,17,21H,4-8,10-12H2,1-3H3/t14-,15+,17-,18+,19-,20-/m0/s1. The van der Waals surface area contributed by atoms with Crippen LogP contribution in [-0.4, -0.2) is 17.5 Å². The normalized spacial score (nSPS) is 53.7. The van der Waals surface area contributed by atoms with Gasteiger partial charge in [0.1, 0.15) is 5.78 Å². The summed E-state index contributed by atoms with van der Waals surface area (Å²) in [5.41, 5.74) is 1.82. The second kappa shape index (κ2) is 4.47. The lowest BCUT2D eigenvalue weighted by atomic mass is 9.39. The molecule has 0 heterocycles. The van der Waals surface area contributed by atoms with Crippen molar-refractivity contribution in [3.05, 3.63) is 11.6 Å². The van der Waals surface area contributed by atoms with Crippen LogP contribution in [0.15, 0.2) is 11.6 Å². The van der Waals surface area contributed by atoms with Gasteiger partial charge >= 0.3 is 0 Å². The van der Waals surface area contributed by atoms with Crippen LogP contribution in [0, 0.1) is 34.0 Å². The van der Waals surface area contributed by atoms with Crippen molar-refractivity contribution in [3.8, 4) is 0 Å². The molecule has 1 spiro atoms. The largest absolute Gasteiger partial charge is 0.396 e. The minimum Gasteiger partial charge on any atom is -0.396 e. The van der Waals surface area contributed by atoms with Gasteiger partial charge in [-0.3, -0.25) is 4.79 Å². The fraction of sp³-hybridized carbons (Fsp3) is 0.850. The zero-order valence-electron chi connectivity index (χ0n) is 14.3. The molecule has 0 aromatic rings. The average Bonchev–Trinajstić information content (AvgIpc) is 2.78. The van der Waals surface area contributed by atoms with E-state index in [0.29, 0.717) is 24.2 Å². The molecule has 0 unspecified atom stereocenters. The van der Waals surface area contributed by atoms with Gasteiger partial charge in [-0.15, -0.1) is 0 Å². The molecule has 1 N–H and O–H groups in total. The Morgan fingerprint density at radius 1 is 1.27 bits per heavy atom. The Kier molecular flexibility index (Phi) is 3.03. The van der Waals surface area contributed by atoms with E-state index in [9.17, 15) is 9.90 Å². The van der Waals surface area contributed by atoms with Crippen LogP contribution in [0.1, 0.15) is 65.7 Å². The van der Waals surface area contributed by atoms with Crippen LogP contribution in [0.5, 0.6) is 0 Å². The molecule has 2 bridgehead atoms. The fourth-order valence-corrected chi connectivity index (χ4v) is 7.27. The second-order valence-corrected chi connectivity index (χ2v) is 9.29. The zero-order valence-corrected chi connectivity index (χ0v) is 14.3. The Labute approximate surface area is 134 Å². The zero-order chi connectivity index (χ0) is 15.8. The average molecular weight is 302 g/mol. The summed E-state index contributed by atoms with van der Waals surface area (Å²) in [5, 5.41) is 10.1. The molecule has 0 amide bonds. The van der Waals surface area contributed by atoms with E-state index in [1.54, 1.807) is 0 Å². The molecule has 6 atom stereocenters. The monoisotopic (exact) mass is 302 g/mol. The summed E-state index contributed by atoms with van der Waals surface area (Å²) in [6.07, 6.45) is 10.4. The van der Waals surface area contributed by atoms with Crippen LogP contribution in [0.2, 0.25) is 0 Å². The summed E-state index contributed by atoms with van der Waals surface area (Å²) in [6, 6.07) is 0. The van der Waals surface area contributed by atoms with E-state index in [2.05, 4.69) is 26.8 Å². The number of hydrogen-bond donors (Lipinski definition) is 1. The summed E-state index contributed by atoms with van der Waals surface area (Å²) in [7, 11) is 0. The smallest absolute Gasteiger partial charge is 0.140 e. The summed E-state index contributed by atoms with van der Waals surface area (Å²) in [6.45, 7) is 7.25. The highest BCUT2D eigenvalue weighted by Crippen LogP contribution is 2.72. The van der Waals surface area contributed by atoms with Crippen LogP contribution in [0.3, 0.4) is 0 Å². The molecule has 3 fully saturated rings. The van der Waals surface area contributed by atoms with Crippen molar-refractivity contribution in [3.63, 3.8) is 0 Å². The number of rotatable bonds is 1. The lowest BCUT2D eigenvalue weighted by Gasteiger charge is -2.65. The van der Waals surface area contributed by atoms with Gasteiger partial charge in [-0.1, -0.05) is 31.9 Å². The molecule has 0 aliphatic heterocycles. The number of fused-ring (bicyclic) bond motifs is 2. The van der Waals surface area contributed by atoms with Crippen LogP contribution in [0.25, 0.3) is 0 Å². The maximum atomic E-state index is 12.7. The van der Waals surface area contributed by atoms with Crippen molar-refractivity contribution in [2.45, 2.75) is 65.7 Å². The Morgan fingerprint density at radius 3 is 2.77 bits per heavy atom. The van der Waals surface area contributed by atoms with Gasteiger partial charge < -0.3 is 5.11 Å². The van der Waals surface area contributed by atoms with Crippen LogP contribution in [0.4, 0.5) is 0 Å². The van der Waals surface area contributed by atoms with Crippen LogP contribution >= 0.6 is 0 Å². The van der Waals surface area contributed by atoms with E-state index < -0.39 is 0 Å². The first-order valence-electron chi connectivity index (χ1n) is 9.18. The lowest BCUT2D eigenvalue weighted by molar-refractivity contribution is -0.165. The van der Waals surface area contributed by atoms with Gasteiger partial charge in [0.2, 0.25) is 0 Å². The van der Waals surface area contributed by atoms with Crippen molar-refractivity contribution in [1.29, 1.82) is 0 Å². The molecule has 0 aromatic carbocycles. The van der Waals surface area contributed by atoms with Crippen molar-refractivity contribution < 1.29 is 9.90 Å². The number of aliphatic hydroxyl groups is 1. The number of ketones is 1. The number of carbonyl (C=O) groups is 1. The topological polar surface area (TPSA) is 37.3 Å². The molecule has 4 rings (SSSR count). The van der Waals surface area contributed by atoms with Gasteiger partial charge in [0.15, 0.2) is 0 Å². The summed E-state index contributed by atoms with van der Waals surface area (Å²) >= 11 is 0. The highest BCUT2D eigenvalue weighted by atomic mass is 16.3. The van der Waals surface area contributed by atoms with Gasteiger partial charge in [0.25, 0.3) is 0 Å². The molecule has 3 saturated carbocycles. The molecular formula is C20H30O2. The molecule has 2 heteroatoms. The van der Waals surface area contributed by atoms with Crippen LogP contribution in [-0.2, 0) is 4.79 Å². The predicted molar refractivity (Wildman–Crippen MR) is 87.3 cm³/mol. The molecule has 22 heavy (non-hydrogen) atoms. The van der Waals surface area contributed by atoms with E-state index in [0.717, 1.165) is 19.3 Å². The molecule has 122 valence electrons. The molecule has 4 aliphatic carbocycles. The highest BCUT2D eigenvalue weighted by molar-refractivity contribution is 5.87. The number of aliphatic hydroxyl groups excluding tert-OH is 1. The summed E-state index contributed by atoms with van der Waals surface area (Å²) in [4.78, 5) is 12.7. The van der Waals surface area contributed by atoms with Crippen molar-refractivity contribution in [2.24, 2.45) is 34.0 Å². The van der Waals surface area contributed by atoms with Crippen molar-refractivity contribution >= 4 is 5.78 Å². The van der Waals surface area contributed by atoms with Gasteiger partial charge in [0, 0.05) is 18.9 Å². The third-order valence-corrected chi connectivity index (χ3v) is 8.49. The molecule has 0 aromatic heterocycles. The maximum Gasteiger partial charge on any atom is 0.140 e. The Balaban J connectivity index is 1.83. The molecule has 0 radical (unpaired) electrons. The number of allylic oxidation sites excluding steroid dienone is 2. The van der Waals surface area contributed by atoms with E-state index >= 15 is 0 Å². The first-order valence-corrected chi connectivity index (χ1v) is 9.18. The number of Topliss-reactive ketones (excluding diaryl/α,β-unsaturated/α-hetero) is 1. The second-order valence-electron chi connectivity index (χ2n) is 9.29. The highest BCUT2D eigenvalue weighted by Gasteiger charge is 2.67. The minimum absolute atomic E-state index is 0.0596.